The van der Waals surface area contributed by atoms with E-state index in [0.717, 1.165) is 10.9 Å². The molecule has 0 radical (unpaired) electrons. The van der Waals surface area contributed by atoms with Gasteiger partial charge in [0, 0.05) is 11.6 Å². The zero-order valence-electron chi connectivity index (χ0n) is 14.7. The van der Waals surface area contributed by atoms with Gasteiger partial charge in [-0.25, -0.2) is 4.98 Å². The first-order valence-electron chi connectivity index (χ1n) is 8.80. The molecule has 0 saturated carbocycles. The van der Waals surface area contributed by atoms with E-state index in [1.54, 1.807) is 16.9 Å². The summed E-state index contributed by atoms with van der Waals surface area (Å²) in [5, 5.41) is 3.23. The quantitative estimate of drug-likeness (QED) is 0.521. The zero-order chi connectivity index (χ0) is 16.0. The molecule has 0 spiro atoms. The normalized spacial score (nSPS) is 20.1. The zero-order valence-corrected chi connectivity index (χ0v) is 15.5. The second kappa shape index (κ2) is 8.10. The monoisotopic (exact) mass is 317 g/mol. The van der Waals surface area contributed by atoms with Crippen molar-refractivity contribution < 1.29 is 0 Å². The molecule has 1 aliphatic carbocycles. The van der Waals surface area contributed by atoms with Gasteiger partial charge >= 0.3 is 0 Å². The number of nitrogens with zero attached hydrogens (tertiary/aromatic N) is 1. The largest absolute Gasteiger partial charge is 0.245 e. The molecule has 1 atom stereocenters. The predicted molar refractivity (Wildman–Crippen MR) is 99.1 cm³/mol. The Kier molecular flexibility index (Phi) is 6.43. The second-order valence-corrected chi connectivity index (χ2v) is 8.49. The molecule has 0 saturated heterocycles. The summed E-state index contributed by atoms with van der Waals surface area (Å²) in [5.74, 6) is 0.827. The minimum Gasteiger partial charge on any atom is -0.245 e. The summed E-state index contributed by atoms with van der Waals surface area (Å²) < 4.78 is 0. The van der Waals surface area contributed by atoms with E-state index >= 15 is 0 Å². The average molecular weight is 318 g/mol. The van der Waals surface area contributed by atoms with E-state index < -0.39 is 0 Å². The maximum atomic E-state index is 4.45. The molecule has 0 N–H and O–H groups in total. The van der Waals surface area contributed by atoms with Gasteiger partial charge in [0.1, 0.15) is 5.01 Å². The van der Waals surface area contributed by atoms with E-state index in [9.17, 15) is 0 Å². The van der Waals surface area contributed by atoms with Crippen LogP contribution in [-0.4, -0.2) is 4.98 Å². The van der Waals surface area contributed by atoms with Crippen molar-refractivity contribution in [1.82, 2.24) is 4.98 Å². The molecule has 0 fully saturated rings. The minimum atomic E-state index is 0.434. The highest BCUT2D eigenvalue weighted by Gasteiger charge is 2.26. The Hall–Kier alpha value is -0.890. The number of aromatic nitrogens is 1. The Balaban J connectivity index is 2.10. The van der Waals surface area contributed by atoms with E-state index in [1.165, 1.54) is 50.5 Å². The molecule has 1 heterocycles. The lowest BCUT2D eigenvalue weighted by molar-refractivity contribution is 0.221. The Morgan fingerprint density at radius 1 is 1.36 bits per heavy atom. The first-order chi connectivity index (χ1) is 10.5. The van der Waals surface area contributed by atoms with Gasteiger partial charge in [0.05, 0.1) is 0 Å². The molecule has 122 valence electrons. The molecule has 0 amide bonds. The second-order valence-electron chi connectivity index (χ2n) is 7.56. The third-order valence-electron chi connectivity index (χ3n) is 4.85. The first-order valence-corrected chi connectivity index (χ1v) is 9.68. The maximum absolute atomic E-state index is 4.45. The summed E-state index contributed by atoms with van der Waals surface area (Å²) in [7, 11) is 0. The summed E-state index contributed by atoms with van der Waals surface area (Å²) in [4.78, 5) is 4.45. The minimum absolute atomic E-state index is 0.434. The Morgan fingerprint density at radius 3 is 2.73 bits per heavy atom. The highest BCUT2D eigenvalue weighted by atomic mass is 32.1. The van der Waals surface area contributed by atoms with Gasteiger partial charge in [-0.15, -0.1) is 11.3 Å². The van der Waals surface area contributed by atoms with Crippen molar-refractivity contribution in [3.63, 3.8) is 0 Å². The average Bonchev–Trinajstić information content (AvgIpc) is 2.99. The molecule has 0 bridgehead atoms. The lowest BCUT2D eigenvalue weighted by Crippen LogP contribution is -2.22. The number of thiazole rings is 1. The van der Waals surface area contributed by atoms with Crippen LogP contribution < -0.4 is 0 Å². The van der Waals surface area contributed by atoms with Gasteiger partial charge in [-0.1, -0.05) is 46.6 Å². The number of rotatable bonds is 6. The van der Waals surface area contributed by atoms with E-state index in [0.29, 0.717) is 5.41 Å². The van der Waals surface area contributed by atoms with Crippen LogP contribution in [0.15, 0.2) is 28.8 Å². The van der Waals surface area contributed by atoms with Gasteiger partial charge in [0.15, 0.2) is 0 Å². The van der Waals surface area contributed by atoms with E-state index in [1.807, 2.05) is 6.20 Å². The van der Waals surface area contributed by atoms with Gasteiger partial charge in [-0.05, 0) is 60.7 Å². The Bertz CT molecular complexity index is 502. The van der Waals surface area contributed by atoms with Crippen LogP contribution >= 0.6 is 11.3 Å². The number of unbranched alkanes of at least 4 members (excludes halogenated alkanes) is 2. The van der Waals surface area contributed by atoms with E-state index in [4.69, 9.17) is 0 Å². The smallest absolute Gasteiger partial charge is 0.116 e. The SMILES string of the molecule is CCCCC/C(=C\c1nccs1)C1=CCC(C(C)(C)C)CC1. The molecule has 2 rings (SSSR count). The molecule has 1 unspecified atom stereocenters. The van der Waals surface area contributed by atoms with Gasteiger partial charge < -0.3 is 0 Å². The summed E-state index contributed by atoms with van der Waals surface area (Å²) in [6.07, 6.45) is 15.7. The lowest BCUT2D eigenvalue weighted by atomic mass is 9.72. The molecule has 0 aliphatic heterocycles. The molecule has 1 aliphatic rings. The van der Waals surface area contributed by atoms with Crippen LogP contribution in [0.25, 0.3) is 6.08 Å². The van der Waals surface area contributed by atoms with Crippen molar-refractivity contribution >= 4 is 17.4 Å². The first kappa shape index (κ1) is 17.5. The predicted octanol–water partition coefficient (Wildman–Crippen LogP) is 6.88. The van der Waals surface area contributed by atoms with Crippen LogP contribution in [0.5, 0.6) is 0 Å². The van der Waals surface area contributed by atoms with Crippen molar-refractivity contribution in [2.24, 2.45) is 11.3 Å². The van der Waals surface area contributed by atoms with E-state index in [-0.39, 0.29) is 0 Å². The molecule has 1 aromatic heterocycles. The molecular weight excluding hydrogens is 286 g/mol. The van der Waals surface area contributed by atoms with Crippen LogP contribution in [0.2, 0.25) is 0 Å². The molecular formula is C20H31NS. The third-order valence-corrected chi connectivity index (χ3v) is 5.57. The van der Waals surface area contributed by atoms with Crippen LogP contribution in [0.4, 0.5) is 0 Å². The molecule has 2 heteroatoms. The van der Waals surface area contributed by atoms with Crippen LogP contribution in [-0.2, 0) is 0 Å². The standard InChI is InChI=1S/C20H31NS/c1-5-6-7-8-17(15-19-21-13-14-22-19)16-9-11-18(12-10-16)20(2,3)4/h9,13-15,18H,5-8,10-12H2,1-4H3/b17-15+. The number of allylic oxidation sites excluding steroid dienone is 3. The van der Waals surface area contributed by atoms with Crippen molar-refractivity contribution in [2.75, 3.05) is 0 Å². The lowest BCUT2D eigenvalue weighted by Gasteiger charge is -2.33. The fourth-order valence-corrected chi connectivity index (χ4v) is 3.85. The maximum Gasteiger partial charge on any atom is 0.116 e. The summed E-state index contributed by atoms with van der Waals surface area (Å²) in [6.45, 7) is 9.41. The van der Waals surface area contributed by atoms with Crippen LogP contribution in [0.3, 0.4) is 0 Å². The van der Waals surface area contributed by atoms with Crippen LogP contribution in [0, 0.1) is 11.3 Å². The Morgan fingerprint density at radius 2 is 2.18 bits per heavy atom. The molecule has 22 heavy (non-hydrogen) atoms. The summed E-state index contributed by atoms with van der Waals surface area (Å²) in [6, 6.07) is 0. The van der Waals surface area contributed by atoms with Crippen molar-refractivity contribution in [1.29, 1.82) is 0 Å². The van der Waals surface area contributed by atoms with Gasteiger partial charge in [0.2, 0.25) is 0 Å². The van der Waals surface area contributed by atoms with Crippen molar-refractivity contribution in [2.45, 2.75) is 72.6 Å². The summed E-state index contributed by atoms with van der Waals surface area (Å²) >= 11 is 1.74. The topological polar surface area (TPSA) is 12.9 Å². The fraction of sp³-hybridized carbons (Fsp3) is 0.650. The highest BCUT2D eigenvalue weighted by Crippen LogP contribution is 2.39. The fourth-order valence-electron chi connectivity index (χ4n) is 3.26. The van der Waals surface area contributed by atoms with E-state index in [2.05, 4.69) is 50.2 Å². The molecule has 1 aromatic rings. The van der Waals surface area contributed by atoms with Crippen LogP contribution in [0.1, 0.15) is 77.6 Å². The van der Waals surface area contributed by atoms with Gasteiger partial charge in [0.25, 0.3) is 0 Å². The summed E-state index contributed by atoms with van der Waals surface area (Å²) in [5.41, 5.74) is 3.56. The number of hydrogen-bond donors (Lipinski definition) is 0. The third kappa shape index (κ3) is 5.08. The Labute approximate surface area is 140 Å². The molecule has 1 nitrogen and oxygen atoms in total. The van der Waals surface area contributed by atoms with Crippen molar-refractivity contribution in [3.8, 4) is 0 Å². The highest BCUT2D eigenvalue weighted by molar-refractivity contribution is 7.10. The van der Waals surface area contributed by atoms with Gasteiger partial charge in [-0.3, -0.25) is 0 Å². The number of hydrogen-bond acceptors (Lipinski definition) is 2. The van der Waals surface area contributed by atoms with Crippen molar-refractivity contribution in [3.05, 3.63) is 33.8 Å². The molecule has 0 aromatic carbocycles. The van der Waals surface area contributed by atoms with Gasteiger partial charge in [-0.2, -0.15) is 0 Å².